The third-order valence-corrected chi connectivity index (χ3v) is 7.03. The van der Waals surface area contributed by atoms with Gasteiger partial charge in [0, 0.05) is 29.1 Å². The van der Waals surface area contributed by atoms with Crippen molar-refractivity contribution in [3.8, 4) is 5.75 Å². The van der Waals surface area contributed by atoms with E-state index in [1.807, 2.05) is 48.5 Å². The van der Waals surface area contributed by atoms with Gasteiger partial charge in [-0.05, 0) is 35.6 Å². The molecule has 0 radical (unpaired) electrons. The number of ether oxygens (including phenoxy) is 2. The van der Waals surface area contributed by atoms with Gasteiger partial charge >= 0.3 is 5.97 Å². The summed E-state index contributed by atoms with van der Waals surface area (Å²) in [7, 11) is 1.62. The molecule has 2 amide bonds. The van der Waals surface area contributed by atoms with E-state index in [9.17, 15) is 14.4 Å². The molecule has 1 saturated heterocycles. The van der Waals surface area contributed by atoms with E-state index in [0.717, 1.165) is 33.5 Å². The lowest BCUT2D eigenvalue weighted by atomic mass is 9.85. The Balaban J connectivity index is 1.41. The standard InChI is InChI=1S/C28H31N3O5/c1-16(2)11-23-26-20(19-10-9-18(35-3)12-21(19)29-26)13-24-27(33)30-22(28(34)31(23)24)14-25(32)36-15-17-7-5-4-6-8-17/h4-10,12,16,22-24,29H,11,13-15H2,1-3H3,(H,30,33)/t22-,23-,24-/m0/s1. The molecule has 0 bridgehead atoms. The fraction of sp³-hybridized carbons (Fsp3) is 0.393. The first kappa shape index (κ1) is 23.9. The van der Waals surface area contributed by atoms with Gasteiger partial charge in [0.1, 0.15) is 24.4 Å². The molecule has 2 aliphatic heterocycles. The molecule has 0 saturated carbocycles. The number of esters is 1. The summed E-state index contributed by atoms with van der Waals surface area (Å²) in [6, 6.07) is 13.3. The van der Waals surface area contributed by atoms with Crippen molar-refractivity contribution in [2.45, 2.75) is 57.8 Å². The summed E-state index contributed by atoms with van der Waals surface area (Å²) < 4.78 is 10.8. The Morgan fingerprint density at radius 3 is 2.64 bits per heavy atom. The van der Waals surface area contributed by atoms with Gasteiger partial charge in [0.15, 0.2) is 0 Å². The molecular formula is C28H31N3O5. The molecule has 1 fully saturated rings. The highest BCUT2D eigenvalue weighted by Gasteiger charge is 2.49. The number of H-pyrrole nitrogens is 1. The molecular weight excluding hydrogens is 458 g/mol. The molecule has 0 spiro atoms. The van der Waals surface area contributed by atoms with Crippen LogP contribution in [0.5, 0.6) is 5.75 Å². The number of benzene rings is 2. The maximum atomic E-state index is 13.7. The Morgan fingerprint density at radius 2 is 1.92 bits per heavy atom. The van der Waals surface area contributed by atoms with Gasteiger partial charge in [-0.3, -0.25) is 14.4 Å². The number of aromatic amines is 1. The maximum absolute atomic E-state index is 13.7. The molecule has 8 nitrogen and oxygen atoms in total. The summed E-state index contributed by atoms with van der Waals surface area (Å²) >= 11 is 0. The van der Waals surface area contributed by atoms with Crippen LogP contribution in [0.1, 0.15) is 49.6 Å². The van der Waals surface area contributed by atoms with E-state index >= 15 is 0 Å². The predicted molar refractivity (Wildman–Crippen MR) is 134 cm³/mol. The molecule has 3 aromatic rings. The lowest BCUT2D eigenvalue weighted by Crippen LogP contribution is -2.66. The summed E-state index contributed by atoms with van der Waals surface area (Å²) in [4.78, 5) is 44.7. The van der Waals surface area contributed by atoms with Gasteiger partial charge in [-0.15, -0.1) is 0 Å². The van der Waals surface area contributed by atoms with Gasteiger partial charge in [-0.1, -0.05) is 44.2 Å². The molecule has 2 aliphatic rings. The minimum absolute atomic E-state index is 0.124. The smallest absolute Gasteiger partial charge is 0.308 e. The largest absolute Gasteiger partial charge is 0.497 e. The van der Waals surface area contributed by atoms with E-state index in [1.54, 1.807) is 12.0 Å². The molecule has 2 aromatic carbocycles. The fourth-order valence-corrected chi connectivity index (χ4v) is 5.35. The number of aromatic nitrogens is 1. The summed E-state index contributed by atoms with van der Waals surface area (Å²) in [5.74, 6) is 0.0186. The molecule has 3 heterocycles. The van der Waals surface area contributed by atoms with Crippen LogP contribution in [-0.2, 0) is 32.1 Å². The maximum Gasteiger partial charge on any atom is 0.308 e. The van der Waals surface area contributed by atoms with Crippen LogP contribution in [0.4, 0.5) is 0 Å². The molecule has 2 N–H and O–H groups in total. The number of rotatable bonds is 7. The number of methoxy groups -OCH3 is 1. The van der Waals surface area contributed by atoms with Crippen molar-refractivity contribution in [3.63, 3.8) is 0 Å². The first-order valence-electron chi connectivity index (χ1n) is 12.4. The molecule has 36 heavy (non-hydrogen) atoms. The monoisotopic (exact) mass is 489 g/mol. The van der Waals surface area contributed by atoms with Gasteiger partial charge in [-0.25, -0.2) is 0 Å². The van der Waals surface area contributed by atoms with Crippen molar-refractivity contribution in [3.05, 3.63) is 65.4 Å². The second kappa shape index (κ2) is 9.68. The quantitative estimate of drug-likeness (QED) is 0.494. The molecule has 8 heteroatoms. The second-order valence-corrected chi connectivity index (χ2v) is 9.95. The van der Waals surface area contributed by atoms with E-state index in [-0.39, 0.29) is 36.8 Å². The minimum atomic E-state index is -0.947. The number of nitrogens with zero attached hydrogens (tertiary/aromatic N) is 1. The summed E-state index contributed by atoms with van der Waals surface area (Å²) in [5.41, 5.74) is 3.79. The van der Waals surface area contributed by atoms with Gasteiger partial charge in [-0.2, -0.15) is 0 Å². The Labute approximate surface area is 209 Å². The van der Waals surface area contributed by atoms with Crippen LogP contribution in [0.15, 0.2) is 48.5 Å². The van der Waals surface area contributed by atoms with Crippen molar-refractivity contribution in [1.82, 2.24) is 15.2 Å². The number of hydrogen-bond donors (Lipinski definition) is 2. The van der Waals surface area contributed by atoms with E-state index in [4.69, 9.17) is 9.47 Å². The Morgan fingerprint density at radius 1 is 1.14 bits per heavy atom. The number of amides is 2. The summed E-state index contributed by atoms with van der Waals surface area (Å²) in [6.07, 6.45) is 0.905. The fourth-order valence-electron chi connectivity index (χ4n) is 5.35. The predicted octanol–water partition coefficient (Wildman–Crippen LogP) is 3.65. The van der Waals surface area contributed by atoms with Crippen LogP contribution in [-0.4, -0.2) is 46.9 Å². The number of carbonyl (C=O) groups excluding carboxylic acids is 3. The van der Waals surface area contributed by atoms with Crippen molar-refractivity contribution < 1.29 is 23.9 Å². The summed E-state index contributed by atoms with van der Waals surface area (Å²) in [6.45, 7) is 4.32. The Kier molecular flexibility index (Phi) is 6.43. The van der Waals surface area contributed by atoms with Gasteiger partial charge in [0.25, 0.3) is 0 Å². The first-order chi connectivity index (χ1) is 17.4. The average Bonchev–Trinajstić information content (AvgIpc) is 3.24. The van der Waals surface area contributed by atoms with Crippen LogP contribution in [0.3, 0.4) is 0 Å². The zero-order chi connectivity index (χ0) is 25.4. The van der Waals surface area contributed by atoms with Crippen LogP contribution in [0.2, 0.25) is 0 Å². The molecule has 188 valence electrons. The topological polar surface area (TPSA) is 101 Å². The molecule has 0 unspecified atom stereocenters. The number of hydrogen-bond acceptors (Lipinski definition) is 5. The molecule has 0 aliphatic carbocycles. The van der Waals surface area contributed by atoms with Gasteiger partial charge in [0.05, 0.1) is 19.6 Å². The lowest BCUT2D eigenvalue weighted by molar-refractivity contribution is -0.157. The number of nitrogens with one attached hydrogen (secondary N) is 2. The Hall–Kier alpha value is -3.81. The highest BCUT2D eigenvalue weighted by atomic mass is 16.5. The number of fused-ring (bicyclic) bond motifs is 4. The summed E-state index contributed by atoms with van der Waals surface area (Å²) in [5, 5.41) is 3.83. The Bertz CT molecular complexity index is 1300. The van der Waals surface area contributed by atoms with Gasteiger partial charge in [0.2, 0.25) is 11.8 Å². The van der Waals surface area contributed by atoms with E-state index in [1.165, 1.54) is 0 Å². The third-order valence-electron chi connectivity index (χ3n) is 7.03. The number of piperazine rings is 1. The van der Waals surface area contributed by atoms with E-state index < -0.39 is 18.1 Å². The zero-order valence-corrected chi connectivity index (χ0v) is 20.7. The molecule has 5 rings (SSSR count). The molecule has 3 atom stereocenters. The van der Waals surface area contributed by atoms with Crippen LogP contribution in [0, 0.1) is 5.92 Å². The lowest BCUT2D eigenvalue weighted by Gasteiger charge is -2.46. The second-order valence-electron chi connectivity index (χ2n) is 9.95. The van der Waals surface area contributed by atoms with Crippen molar-refractivity contribution in [2.24, 2.45) is 5.92 Å². The third kappa shape index (κ3) is 4.43. The molecule has 1 aromatic heterocycles. The average molecular weight is 490 g/mol. The van der Waals surface area contributed by atoms with Gasteiger partial charge < -0.3 is 24.7 Å². The van der Waals surface area contributed by atoms with Crippen LogP contribution in [0.25, 0.3) is 10.9 Å². The SMILES string of the molecule is COc1ccc2c3c([nH]c2c1)[C@H](CC(C)C)N1C(=O)[C@H](CC(=O)OCc2ccccc2)NC(=O)[C@@H]1C3. The highest BCUT2D eigenvalue weighted by molar-refractivity contribution is 6.00. The first-order valence-corrected chi connectivity index (χ1v) is 12.4. The van der Waals surface area contributed by atoms with E-state index in [2.05, 4.69) is 24.1 Å². The minimum Gasteiger partial charge on any atom is -0.497 e. The van der Waals surface area contributed by atoms with Crippen LogP contribution < -0.4 is 10.1 Å². The van der Waals surface area contributed by atoms with E-state index in [0.29, 0.717) is 12.8 Å². The number of carbonyl (C=O) groups is 3. The highest BCUT2D eigenvalue weighted by Crippen LogP contribution is 2.42. The van der Waals surface area contributed by atoms with Crippen molar-refractivity contribution >= 4 is 28.7 Å². The zero-order valence-electron chi connectivity index (χ0n) is 20.7. The van der Waals surface area contributed by atoms with Crippen molar-refractivity contribution in [1.29, 1.82) is 0 Å². The normalized spacial score (nSPS) is 21.2. The van der Waals surface area contributed by atoms with Crippen LogP contribution >= 0.6 is 0 Å². The van der Waals surface area contributed by atoms with Crippen molar-refractivity contribution in [2.75, 3.05) is 7.11 Å².